The summed E-state index contributed by atoms with van der Waals surface area (Å²) in [5, 5.41) is 6.78. The van der Waals surface area contributed by atoms with Crippen LogP contribution >= 0.6 is 27.3 Å². The second-order valence-electron chi connectivity index (χ2n) is 5.90. The Kier molecular flexibility index (Phi) is 5.46. The molecule has 4 aromatic rings. The van der Waals surface area contributed by atoms with Crippen LogP contribution in [-0.4, -0.2) is 15.9 Å². The Balaban J connectivity index is 1.76. The third-order valence-corrected chi connectivity index (χ3v) is 5.33. The summed E-state index contributed by atoms with van der Waals surface area (Å²) < 4.78 is 2.94. The zero-order chi connectivity index (χ0) is 18.5. The molecule has 6 heteroatoms. The fourth-order valence-electron chi connectivity index (χ4n) is 2.65. The molecule has 0 spiro atoms. The lowest BCUT2D eigenvalue weighted by Gasteiger charge is -2.04. The van der Waals surface area contributed by atoms with E-state index in [0.29, 0.717) is 6.54 Å². The Labute approximate surface area is 169 Å². The average Bonchev–Trinajstić information content (AvgIpc) is 3.35. The number of halogens is 1. The molecule has 1 N–H and O–H groups in total. The Hall–Kier alpha value is -2.70. The molecule has 2 heterocycles. The number of hydrogen-bond donors (Lipinski definition) is 1. The molecule has 0 saturated carbocycles. The Morgan fingerprint density at radius 3 is 2.70 bits per heavy atom. The predicted octanol–water partition coefficient (Wildman–Crippen LogP) is 5.29. The molecule has 0 amide bonds. The molecule has 0 unspecified atom stereocenters. The van der Waals surface area contributed by atoms with Gasteiger partial charge in [-0.1, -0.05) is 58.4 Å². The zero-order valence-corrected chi connectivity index (χ0v) is 16.8. The van der Waals surface area contributed by atoms with Crippen LogP contribution in [0.5, 0.6) is 0 Å². The van der Waals surface area contributed by atoms with Gasteiger partial charge in [0, 0.05) is 21.6 Å². The normalized spacial score (nSPS) is 12.1. The van der Waals surface area contributed by atoms with E-state index in [9.17, 15) is 0 Å². The molecule has 4 nitrogen and oxygen atoms in total. The Bertz CT molecular complexity index is 1110. The highest BCUT2D eigenvalue weighted by Crippen LogP contribution is 2.23. The molecule has 0 aliphatic carbocycles. The highest BCUT2D eigenvalue weighted by atomic mass is 79.9. The quantitative estimate of drug-likeness (QED) is 0.413. The van der Waals surface area contributed by atoms with Crippen molar-refractivity contribution in [1.29, 1.82) is 0 Å². The maximum absolute atomic E-state index is 4.79. The third kappa shape index (κ3) is 4.35. The van der Waals surface area contributed by atoms with E-state index in [2.05, 4.69) is 55.7 Å². The van der Waals surface area contributed by atoms with Crippen molar-refractivity contribution in [3.05, 3.63) is 98.8 Å². The summed E-state index contributed by atoms with van der Waals surface area (Å²) in [7, 11) is 0. The van der Waals surface area contributed by atoms with Crippen molar-refractivity contribution in [3.63, 3.8) is 0 Å². The van der Waals surface area contributed by atoms with Crippen LogP contribution in [0.25, 0.3) is 11.3 Å². The van der Waals surface area contributed by atoms with Crippen molar-refractivity contribution in [2.75, 3.05) is 0 Å². The minimum Gasteiger partial charge on any atom is -0.360 e. The minimum atomic E-state index is 0.622. The van der Waals surface area contributed by atoms with Crippen LogP contribution in [0.2, 0.25) is 0 Å². The summed E-state index contributed by atoms with van der Waals surface area (Å²) in [5.74, 6) is 0. The van der Waals surface area contributed by atoms with Gasteiger partial charge in [0.2, 0.25) is 4.80 Å². The van der Waals surface area contributed by atoms with E-state index < -0.39 is 0 Å². The number of hydrogen-bond acceptors (Lipinski definition) is 3. The molecule has 2 aromatic carbocycles. The van der Waals surface area contributed by atoms with Gasteiger partial charge in [0.05, 0.1) is 24.1 Å². The maximum atomic E-state index is 4.79. The molecule has 0 bridgehead atoms. The lowest BCUT2D eigenvalue weighted by atomic mass is 10.2. The first-order valence-corrected chi connectivity index (χ1v) is 10.2. The van der Waals surface area contributed by atoms with Gasteiger partial charge in [-0.3, -0.25) is 4.99 Å². The van der Waals surface area contributed by atoms with Gasteiger partial charge in [0.25, 0.3) is 0 Å². The molecular formula is C21H17BrN4S. The lowest BCUT2D eigenvalue weighted by molar-refractivity contribution is 0.824. The van der Waals surface area contributed by atoms with Crippen LogP contribution < -0.4 is 4.80 Å². The van der Waals surface area contributed by atoms with Gasteiger partial charge in [-0.05, 0) is 29.8 Å². The molecule has 0 aliphatic heterocycles. The molecule has 0 radical (unpaired) electrons. The first-order chi connectivity index (χ1) is 13.3. The smallest absolute Gasteiger partial charge is 0.206 e. The second-order valence-corrected chi connectivity index (χ2v) is 7.65. The molecule has 0 fully saturated rings. The molecule has 27 heavy (non-hydrogen) atoms. The average molecular weight is 437 g/mol. The molecule has 0 aliphatic rings. The van der Waals surface area contributed by atoms with Gasteiger partial charge in [-0.25, -0.2) is 4.68 Å². The van der Waals surface area contributed by atoms with Crippen molar-refractivity contribution in [3.8, 4) is 11.3 Å². The van der Waals surface area contributed by atoms with Gasteiger partial charge in [0.1, 0.15) is 0 Å². The second kappa shape index (κ2) is 8.33. The van der Waals surface area contributed by atoms with Gasteiger partial charge < -0.3 is 4.98 Å². The summed E-state index contributed by atoms with van der Waals surface area (Å²) in [6.45, 7) is 0.622. The van der Waals surface area contributed by atoms with Crippen molar-refractivity contribution >= 4 is 33.5 Å². The van der Waals surface area contributed by atoms with Gasteiger partial charge in [-0.15, -0.1) is 11.3 Å². The number of nitrogens with one attached hydrogen (secondary N) is 1. The van der Waals surface area contributed by atoms with Crippen molar-refractivity contribution in [2.45, 2.75) is 6.54 Å². The minimum absolute atomic E-state index is 0.622. The molecule has 4 rings (SSSR count). The van der Waals surface area contributed by atoms with E-state index in [1.165, 1.54) is 5.56 Å². The topological polar surface area (TPSA) is 45.4 Å². The number of aromatic amines is 1. The van der Waals surface area contributed by atoms with Gasteiger partial charge in [0.15, 0.2) is 0 Å². The van der Waals surface area contributed by atoms with Crippen LogP contribution in [0.3, 0.4) is 0 Å². The van der Waals surface area contributed by atoms with Crippen LogP contribution in [0.4, 0.5) is 0 Å². The maximum Gasteiger partial charge on any atom is 0.206 e. The summed E-state index contributed by atoms with van der Waals surface area (Å²) in [6, 6.07) is 22.4. The number of thiazole rings is 1. The van der Waals surface area contributed by atoms with Crippen LogP contribution in [-0.2, 0) is 6.54 Å². The summed E-state index contributed by atoms with van der Waals surface area (Å²) in [4.78, 5) is 8.80. The number of rotatable bonds is 5. The SMILES string of the molecule is Brc1cccc(-c2csc(=NCc3ccccc3)n2N=Cc2ccc[nH]2)c1. The molecular weight excluding hydrogens is 420 g/mol. The fourth-order valence-corrected chi connectivity index (χ4v) is 3.89. The number of aromatic nitrogens is 2. The number of H-pyrrole nitrogens is 1. The standard InChI is InChI=1S/C21H17BrN4S/c22-18-9-4-8-17(12-18)20-15-27-21(24-13-16-6-2-1-3-7-16)26(20)25-14-19-10-5-11-23-19/h1-12,14-15,23H,13H2. The first kappa shape index (κ1) is 17.7. The van der Waals surface area contributed by atoms with Crippen LogP contribution in [0.15, 0.2) is 92.9 Å². The summed E-state index contributed by atoms with van der Waals surface area (Å²) >= 11 is 5.14. The first-order valence-electron chi connectivity index (χ1n) is 8.48. The Morgan fingerprint density at radius 2 is 1.93 bits per heavy atom. The van der Waals surface area contributed by atoms with Crippen LogP contribution in [0.1, 0.15) is 11.3 Å². The van der Waals surface area contributed by atoms with Gasteiger partial charge >= 0.3 is 0 Å². The number of nitrogens with zero attached hydrogens (tertiary/aromatic N) is 3. The molecule has 0 atom stereocenters. The van der Waals surface area contributed by atoms with E-state index in [-0.39, 0.29) is 0 Å². The highest BCUT2D eigenvalue weighted by molar-refractivity contribution is 9.10. The largest absolute Gasteiger partial charge is 0.360 e. The highest BCUT2D eigenvalue weighted by Gasteiger charge is 2.08. The van der Waals surface area contributed by atoms with Crippen molar-refractivity contribution < 1.29 is 0 Å². The zero-order valence-electron chi connectivity index (χ0n) is 14.4. The van der Waals surface area contributed by atoms with Crippen LogP contribution in [0, 0.1) is 0 Å². The van der Waals surface area contributed by atoms with Gasteiger partial charge in [-0.2, -0.15) is 5.10 Å². The molecule has 134 valence electrons. The lowest BCUT2D eigenvalue weighted by Crippen LogP contribution is -2.12. The van der Waals surface area contributed by atoms with Crippen molar-refractivity contribution in [1.82, 2.24) is 9.66 Å². The van der Waals surface area contributed by atoms with E-state index in [4.69, 9.17) is 4.99 Å². The van der Waals surface area contributed by atoms with E-state index in [0.717, 1.165) is 26.2 Å². The molecule has 0 saturated heterocycles. The monoisotopic (exact) mass is 436 g/mol. The van der Waals surface area contributed by atoms with E-state index in [1.54, 1.807) is 11.3 Å². The van der Waals surface area contributed by atoms with E-state index in [1.807, 2.05) is 59.6 Å². The fraction of sp³-hybridized carbons (Fsp3) is 0.0476. The van der Waals surface area contributed by atoms with E-state index >= 15 is 0 Å². The summed E-state index contributed by atoms with van der Waals surface area (Å²) in [6.07, 6.45) is 3.70. The molecule has 2 aromatic heterocycles. The predicted molar refractivity (Wildman–Crippen MR) is 115 cm³/mol. The third-order valence-electron chi connectivity index (χ3n) is 3.98. The summed E-state index contributed by atoms with van der Waals surface area (Å²) in [5.41, 5.74) is 4.22. The van der Waals surface area contributed by atoms with Crippen molar-refractivity contribution in [2.24, 2.45) is 10.1 Å². The Morgan fingerprint density at radius 1 is 1.04 bits per heavy atom. The number of benzene rings is 2.